The lowest BCUT2D eigenvalue weighted by molar-refractivity contribution is 0.415. The quantitative estimate of drug-likeness (QED) is 0.709. The Morgan fingerprint density at radius 3 is 2.89 bits per heavy atom. The second-order valence-corrected chi connectivity index (χ2v) is 4.78. The zero-order valence-corrected chi connectivity index (χ0v) is 11.3. The Morgan fingerprint density at radius 2 is 2.06 bits per heavy atom. The summed E-state index contributed by atoms with van der Waals surface area (Å²) in [5.74, 6) is 1.39. The fraction of sp³-hybridized carbons (Fsp3) is 0.0714. The molecule has 0 unspecified atom stereocenters. The highest BCUT2D eigenvalue weighted by atomic mass is 79.9. The fourth-order valence-corrected chi connectivity index (χ4v) is 2.13. The molecule has 3 rings (SSSR count). The van der Waals surface area contributed by atoms with Gasteiger partial charge in [0.1, 0.15) is 11.3 Å². The molecular weight excluding hydrogens is 294 g/mol. The predicted octanol–water partition coefficient (Wildman–Crippen LogP) is 4.27. The minimum atomic E-state index is 0.599. The van der Waals surface area contributed by atoms with Crippen LogP contribution in [0.15, 0.2) is 51.4 Å². The first kappa shape index (κ1) is 11.3. The third kappa shape index (κ3) is 1.99. The van der Waals surface area contributed by atoms with Gasteiger partial charge in [0.2, 0.25) is 5.89 Å². The van der Waals surface area contributed by atoms with E-state index in [1.807, 2.05) is 42.5 Å². The molecule has 0 saturated carbocycles. The molecule has 3 nitrogen and oxygen atoms in total. The Kier molecular flexibility index (Phi) is 2.80. The number of benzene rings is 2. The summed E-state index contributed by atoms with van der Waals surface area (Å²) in [6.07, 6.45) is 0. The maximum absolute atomic E-state index is 5.72. The first-order valence-electron chi connectivity index (χ1n) is 5.47. The summed E-state index contributed by atoms with van der Waals surface area (Å²) in [6.45, 7) is 0. The molecule has 18 heavy (non-hydrogen) atoms. The molecule has 0 aliphatic heterocycles. The first-order valence-corrected chi connectivity index (χ1v) is 6.26. The van der Waals surface area contributed by atoms with Gasteiger partial charge in [-0.2, -0.15) is 0 Å². The molecule has 3 aromatic rings. The van der Waals surface area contributed by atoms with Crippen LogP contribution in [0.2, 0.25) is 0 Å². The Labute approximate surface area is 113 Å². The lowest BCUT2D eigenvalue weighted by Crippen LogP contribution is -1.83. The van der Waals surface area contributed by atoms with E-state index in [2.05, 4.69) is 20.9 Å². The van der Waals surface area contributed by atoms with Crippen LogP contribution in [-0.4, -0.2) is 12.1 Å². The van der Waals surface area contributed by atoms with Gasteiger partial charge in [-0.1, -0.05) is 22.0 Å². The van der Waals surface area contributed by atoms with Crippen molar-refractivity contribution in [3.8, 4) is 17.2 Å². The number of fused-ring (bicyclic) bond motifs is 1. The molecule has 90 valence electrons. The molecule has 0 fully saturated rings. The molecule has 0 radical (unpaired) electrons. The zero-order valence-electron chi connectivity index (χ0n) is 9.68. The minimum Gasteiger partial charge on any atom is -0.497 e. The van der Waals surface area contributed by atoms with E-state index in [0.717, 1.165) is 26.9 Å². The number of aromatic nitrogens is 1. The molecule has 0 aliphatic rings. The van der Waals surface area contributed by atoms with Gasteiger partial charge in [0.15, 0.2) is 5.58 Å². The van der Waals surface area contributed by atoms with Gasteiger partial charge in [-0.3, -0.25) is 0 Å². The second kappa shape index (κ2) is 4.46. The third-order valence-electron chi connectivity index (χ3n) is 2.67. The lowest BCUT2D eigenvalue weighted by atomic mass is 10.2. The molecular formula is C14H10BrNO2. The molecule has 0 spiro atoms. The molecule has 4 heteroatoms. The van der Waals surface area contributed by atoms with Crippen LogP contribution < -0.4 is 4.74 Å². The summed E-state index contributed by atoms with van der Waals surface area (Å²) >= 11 is 3.42. The van der Waals surface area contributed by atoms with Crippen LogP contribution in [0.4, 0.5) is 0 Å². The number of hydrogen-bond donors (Lipinski definition) is 0. The van der Waals surface area contributed by atoms with E-state index in [9.17, 15) is 0 Å². The summed E-state index contributed by atoms with van der Waals surface area (Å²) in [4.78, 5) is 4.47. The highest BCUT2D eigenvalue weighted by Gasteiger charge is 2.09. The number of hydrogen-bond acceptors (Lipinski definition) is 3. The van der Waals surface area contributed by atoms with Crippen molar-refractivity contribution in [3.63, 3.8) is 0 Å². The fourth-order valence-electron chi connectivity index (χ4n) is 1.78. The van der Waals surface area contributed by atoms with E-state index >= 15 is 0 Å². The number of methoxy groups -OCH3 is 1. The van der Waals surface area contributed by atoms with Crippen LogP contribution in [0.3, 0.4) is 0 Å². The van der Waals surface area contributed by atoms with E-state index in [1.165, 1.54) is 0 Å². The van der Waals surface area contributed by atoms with Gasteiger partial charge < -0.3 is 9.15 Å². The predicted molar refractivity (Wildman–Crippen MR) is 73.7 cm³/mol. The third-order valence-corrected chi connectivity index (χ3v) is 3.16. The molecule has 0 bridgehead atoms. The minimum absolute atomic E-state index is 0.599. The molecule has 1 aromatic heterocycles. The van der Waals surface area contributed by atoms with Crippen molar-refractivity contribution < 1.29 is 9.15 Å². The summed E-state index contributed by atoms with van der Waals surface area (Å²) in [5.41, 5.74) is 2.51. The van der Waals surface area contributed by atoms with E-state index < -0.39 is 0 Å². The maximum Gasteiger partial charge on any atom is 0.227 e. The Bertz CT molecular complexity index is 706. The molecule has 0 atom stereocenters. The van der Waals surface area contributed by atoms with Crippen molar-refractivity contribution >= 4 is 27.0 Å². The molecule has 0 saturated heterocycles. The highest BCUT2D eigenvalue weighted by Crippen LogP contribution is 2.28. The van der Waals surface area contributed by atoms with Gasteiger partial charge in [-0.05, 0) is 36.4 Å². The van der Waals surface area contributed by atoms with Crippen LogP contribution in [0.25, 0.3) is 22.6 Å². The molecule has 2 aromatic carbocycles. The van der Waals surface area contributed by atoms with Crippen molar-refractivity contribution in [3.05, 3.63) is 46.9 Å². The van der Waals surface area contributed by atoms with Gasteiger partial charge >= 0.3 is 0 Å². The lowest BCUT2D eigenvalue weighted by Gasteiger charge is -2.00. The summed E-state index contributed by atoms with van der Waals surface area (Å²) in [5, 5.41) is 0. The summed E-state index contributed by atoms with van der Waals surface area (Å²) < 4.78 is 11.9. The van der Waals surface area contributed by atoms with Gasteiger partial charge in [0.05, 0.1) is 7.11 Å². The number of nitrogens with zero attached hydrogens (tertiary/aromatic N) is 1. The SMILES string of the molecule is COc1cccc(-c2nc3cc(Br)ccc3o2)c1. The van der Waals surface area contributed by atoms with Gasteiger partial charge in [0.25, 0.3) is 0 Å². The highest BCUT2D eigenvalue weighted by molar-refractivity contribution is 9.10. The van der Waals surface area contributed by atoms with Gasteiger partial charge in [-0.15, -0.1) is 0 Å². The van der Waals surface area contributed by atoms with Crippen molar-refractivity contribution in [1.29, 1.82) is 0 Å². The van der Waals surface area contributed by atoms with Crippen LogP contribution >= 0.6 is 15.9 Å². The largest absolute Gasteiger partial charge is 0.497 e. The smallest absolute Gasteiger partial charge is 0.227 e. The Balaban J connectivity index is 2.13. The Hall–Kier alpha value is -1.81. The van der Waals surface area contributed by atoms with Crippen LogP contribution in [0, 0.1) is 0 Å². The van der Waals surface area contributed by atoms with Gasteiger partial charge in [0, 0.05) is 10.0 Å². The zero-order chi connectivity index (χ0) is 12.5. The average Bonchev–Trinajstić information content (AvgIpc) is 2.81. The number of rotatable bonds is 2. The topological polar surface area (TPSA) is 35.3 Å². The van der Waals surface area contributed by atoms with Crippen molar-refractivity contribution in [2.45, 2.75) is 0 Å². The number of halogens is 1. The maximum atomic E-state index is 5.72. The molecule has 0 N–H and O–H groups in total. The van der Waals surface area contributed by atoms with E-state index in [-0.39, 0.29) is 0 Å². The van der Waals surface area contributed by atoms with Crippen molar-refractivity contribution in [2.24, 2.45) is 0 Å². The van der Waals surface area contributed by atoms with Crippen LogP contribution in [0.5, 0.6) is 5.75 Å². The standard InChI is InChI=1S/C14H10BrNO2/c1-17-11-4-2-3-9(7-11)14-16-12-8-10(15)5-6-13(12)18-14/h2-8H,1H3. The van der Waals surface area contributed by atoms with E-state index in [1.54, 1.807) is 7.11 Å². The van der Waals surface area contributed by atoms with Gasteiger partial charge in [-0.25, -0.2) is 4.98 Å². The first-order chi connectivity index (χ1) is 8.76. The number of ether oxygens (including phenoxy) is 1. The van der Waals surface area contributed by atoms with E-state index in [0.29, 0.717) is 5.89 Å². The second-order valence-electron chi connectivity index (χ2n) is 3.86. The van der Waals surface area contributed by atoms with E-state index in [4.69, 9.17) is 9.15 Å². The summed E-state index contributed by atoms with van der Waals surface area (Å²) in [6, 6.07) is 13.4. The molecule has 1 heterocycles. The Morgan fingerprint density at radius 1 is 1.17 bits per heavy atom. The number of oxazole rings is 1. The van der Waals surface area contributed by atoms with Crippen LogP contribution in [-0.2, 0) is 0 Å². The monoisotopic (exact) mass is 303 g/mol. The van der Waals surface area contributed by atoms with Crippen molar-refractivity contribution in [1.82, 2.24) is 4.98 Å². The van der Waals surface area contributed by atoms with Crippen molar-refractivity contribution in [2.75, 3.05) is 7.11 Å². The van der Waals surface area contributed by atoms with Crippen LogP contribution in [0.1, 0.15) is 0 Å². The molecule has 0 aliphatic carbocycles. The molecule has 0 amide bonds. The average molecular weight is 304 g/mol. The summed E-state index contributed by atoms with van der Waals surface area (Å²) in [7, 11) is 1.64. The normalized spacial score (nSPS) is 10.8.